The molecular weight excluding hydrogens is 509 g/mol. The van der Waals surface area contributed by atoms with E-state index in [1.807, 2.05) is 25.1 Å². The van der Waals surface area contributed by atoms with E-state index >= 15 is 0 Å². The monoisotopic (exact) mass is 549 g/mol. The van der Waals surface area contributed by atoms with Gasteiger partial charge in [0.25, 0.3) is 0 Å². The first kappa shape index (κ1) is 33.9. The second-order valence-electron chi connectivity index (χ2n) is 8.80. The van der Waals surface area contributed by atoms with Gasteiger partial charge in [0.1, 0.15) is 5.75 Å². The summed E-state index contributed by atoms with van der Waals surface area (Å²) >= 11 is 0. The lowest BCUT2D eigenvalue weighted by molar-refractivity contribution is 0.0335. The van der Waals surface area contributed by atoms with Gasteiger partial charge in [0, 0.05) is 43.2 Å². The number of hydrogen-bond donors (Lipinski definition) is 2. The van der Waals surface area contributed by atoms with Gasteiger partial charge in [-0.2, -0.15) is 0 Å². The van der Waals surface area contributed by atoms with Crippen molar-refractivity contribution in [1.82, 2.24) is 15.2 Å². The van der Waals surface area contributed by atoms with Crippen LogP contribution in [0.4, 0.5) is 0 Å². The molecule has 0 atom stereocenters. The highest BCUT2D eigenvalue weighted by atomic mass is 35.5. The lowest BCUT2D eigenvalue weighted by Gasteiger charge is -2.29. The van der Waals surface area contributed by atoms with Crippen LogP contribution >= 0.6 is 37.2 Å². The summed E-state index contributed by atoms with van der Waals surface area (Å²) in [5, 5.41) is 13.8. The van der Waals surface area contributed by atoms with Crippen molar-refractivity contribution in [3.05, 3.63) is 58.4 Å². The normalized spacial score (nSPS) is 13.5. The van der Waals surface area contributed by atoms with Crippen molar-refractivity contribution >= 4 is 37.2 Å². The Morgan fingerprint density at radius 2 is 1.74 bits per heavy atom. The van der Waals surface area contributed by atoms with Gasteiger partial charge in [0.15, 0.2) is 0 Å². The Kier molecular flexibility index (Phi) is 17.6. The Morgan fingerprint density at radius 3 is 2.37 bits per heavy atom. The van der Waals surface area contributed by atoms with Gasteiger partial charge >= 0.3 is 0 Å². The van der Waals surface area contributed by atoms with Crippen LogP contribution in [0.5, 0.6) is 5.75 Å². The third-order valence-electron chi connectivity index (χ3n) is 5.85. The molecule has 2 heterocycles. The summed E-state index contributed by atoms with van der Waals surface area (Å²) in [4.78, 5) is 7.27. The molecule has 1 aliphatic heterocycles. The molecule has 6 nitrogen and oxygen atoms in total. The number of unbranched alkanes of at least 4 members (excludes halogenated alkanes) is 1. The minimum absolute atomic E-state index is 0. The van der Waals surface area contributed by atoms with Crippen molar-refractivity contribution in [2.75, 3.05) is 39.5 Å². The summed E-state index contributed by atoms with van der Waals surface area (Å²) in [7, 11) is 0. The van der Waals surface area contributed by atoms with E-state index in [9.17, 15) is 5.11 Å². The number of aliphatic hydroxyl groups is 1. The van der Waals surface area contributed by atoms with Crippen LogP contribution < -0.4 is 10.1 Å². The highest BCUT2D eigenvalue weighted by molar-refractivity contribution is 5.86. The van der Waals surface area contributed by atoms with Crippen molar-refractivity contribution in [2.24, 2.45) is 0 Å². The maximum atomic E-state index is 10.4. The number of nitrogens with one attached hydrogen (secondary N) is 1. The average molecular weight is 551 g/mol. The number of ether oxygens (including phenoxy) is 2. The van der Waals surface area contributed by atoms with E-state index in [-0.39, 0.29) is 43.8 Å². The topological polar surface area (TPSA) is 66.9 Å². The molecule has 1 aromatic heterocycles. The van der Waals surface area contributed by atoms with Crippen LogP contribution in [0.1, 0.15) is 54.8 Å². The van der Waals surface area contributed by atoms with Gasteiger partial charge in [-0.25, -0.2) is 0 Å². The molecular formula is C26H42Cl3N3O3. The minimum atomic E-state index is -0.0379. The Balaban J connectivity index is 0.00000385. The van der Waals surface area contributed by atoms with Gasteiger partial charge in [-0.3, -0.25) is 9.88 Å². The zero-order valence-corrected chi connectivity index (χ0v) is 23.6. The number of pyridine rings is 1. The number of aryl methyl sites for hydroxylation is 1. The van der Waals surface area contributed by atoms with E-state index in [4.69, 9.17) is 14.5 Å². The predicted octanol–water partition coefficient (Wildman–Crippen LogP) is 4.73. The Morgan fingerprint density at radius 1 is 1.06 bits per heavy atom. The van der Waals surface area contributed by atoms with E-state index in [0.29, 0.717) is 19.1 Å². The second kappa shape index (κ2) is 18.2. The van der Waals surface area contributed by atoms with E-state index in [1.165, 1.54) is 5.56 Å². The van der Waals surface area contributed by atoms with Crippen LogP contribution in [0.3, 0.4) is 0 Å². The Labute approximate surface area is 229 Å². The molecule has 0 saturated carbocycles. The van der Waals surface area contributed by atoms with Crippen LogP contribution in [0.2, 0.25) is 0 Å². The minimum Gasteiger partial charge on any atom is -0.491 e. The van der Waals surface area contributed by atoms with Crippen LogP contribution in [0.25, 0.3) is 0 Å². The molecule has 0 spiro atoms. The van der Waals surface area contributed by atoms with Crippen LogP contribution in [0.15, 0.2) is 30.3 Å². The van der Waals surface area contributed by atoms with Crippen molar-refractivity contribution < 1.29 is 14.6 Å². The first-order valence-electron chi connectivity index (χ1n) is 11.9. The maximum Gasteiger partial charge on any atom is 0.145 e. The van der Waals surface area contributed by atoms with Gasteiger partial charge in [0.05, 0.1) is 37.8 Å². The third-order valence-corrected chi connectivity index (χ3v) is 5.85. The van der Waals surface area contributed by atoms with Crippen molar-refractivity contribution in [1.29, 1.82) is 0 Å². The molecule has 1 saturated heterocycles. The number of hydrogen-bond acceptors (Lipinski definition) is 6. The lowest BCUT2D eigenvalue weighted by Crippen LogP contribution is -2.36. The molecule has 0 bridgehead atoms. The first-order valence-corrected chi connectivity index (χ1v) is 11.9. The number of aromatic nitrogens is 1. The van der Waals surface area contributed by atoms with Gasteiger partial charge in [-0.1, -0.05) is 44.2 Å². The summed E-state index contributed by atoms with van der Waals surface area (Å²) in [5.41, 5.74) is 5.01. The van der Waals surface area contributed by atoms with Crippen LogP contribution in [0, 0.1) is 6.92 Å². The Hall–Kier alpha value is -1.12. The fraction of sp³-hybridized carbons (Fsp3) is 0.577. The van der Waals surface area contributed by atoms with E-state index < -0.39 is 0 Å². The summed E-state index contributed by atoms with van der Waals surface area (Å²) in [5.74, 6) is 0.842. The fourth-order valence-electron chi connectivity index (χ4n) is 4.11. The molecule has 1 fully saturated rings. The molecule has 35 heavy (non-hydrogen) atoms. The lowest BCUT2D eigenvalue weighted by atomic mass is 9.98. The number of morpholine rings is 1. The van der Waals surface area contributed by atoms with Gasteiger partial charge in [-0.05, 0) is 31.9 Å². The van der Waals surface area contributed by atoms with Crippen LogP contribution in [-0.4, -0.2) is 60.5 Å². The van der Waals surface area contributed by atoms with Crippen molar-refractivity contribution in [3.8, 4) is 5.75 Å². The highest BCUT2D eigenvalue weighted by Gasteiger charge is 2.22. The highest BCUT2D eigenvalue weighted by Crippen LogP contribution is 2.31. The summed E-state index contributed by atoms with van der Waals surface area (Å²) < 4.78 is 11.8. The van der Waals surface area contributed by atoms with E-state index in [0.717, 1.165) is 80.5 Å². The third kappa shape index (κ3) is 10.8. The van der Waals surface area contributed by atoms with Gasteiger partial charge in [-0.15, -0.1) is 37.2 Å². The summed E-state index contributed by atoms with van der Waals surface area (Å²) in [6.07, 6.45) is 2.76. The van der Waals surface area contributed by atoms with Crippen LogP contribution in [-0.2, 0) is 24.3 Å². The second-order valence-corrected chi connectivity index (χ2v) is 8.80. The quantitative estimate of drug-likeness (QED) is 0.373. The van der Waals surface area contributed by atoms with Crippen molar-refractivity contribution in [2.45, 2.75) is 59.2 Å². The standard InChI is InChI=1S/C26H39N3O3.3ClH/c1-20(2)27-11-7-8-14-32-26-21(3)28-25(17-22-9-5-4-6-10-22)24(19-30)23(26)18-29-12-15-31-16-13-29;;;/h4-6,9-10,20,27,30H,7-8,11-19H2,1-3H3;3*1H. The fourth-order valence-corrected chi connectivity index (χ4v) is 4.11. The zero-order chi connectivity index (χ0) is 22.8. The number of aliphatic hydroxyl groups excluding tert-OH is 1. The molecule has 200 valence electrons. The number of nitrogens with zero attached hydrogens (tertiary/aromatic N) is 2. The first-order chi connectivity index (χ1) is 15.6. The molecule has 1 aliphatic rings. The molecule has 1 aromatic carbocycles. The molecule has 0 amide bonds. The SMILES string of the molecule is Cc1nc(Cc2ccccc2)c(CO)c(CN2CCOCC2)c1OCCCCNC(C)C.Cl.Cl.Cl. The predicted molar refractivity (Wildman–Crippen MR) is 150 cm³/mol. The zero-order valence-electron chi connectivity index (χ0n) is 21.1. The number of halogens is 3. The molecule has 0 unspecified atom stereocenters. The molecule has 0 aliphatic carbocycles. The molecule has 3 rings (SSSR count). The number of rotatable bonds is 12. The molecule has 2 aromatic rings. The smallest absolute Gasteiger partial charge is 0.145 e. The molecule has 9 heteroatoms. The maximum absolute atomic E-state index is 10.4. The van der Waals surface area contributed by atoms with E-state index in [1.54, 1.807) is 0 Å². The largest absolute Gasteiger partial charge is 0.491 e. The Bertz CT molecular complexity index is 836. The average Bonchev–Trinajstić information content (AvgIpc) is 2.79. The molecule has 2 N–H and O–H groups in total. The molecule has 0 radical (unpaired) electrons. The van der Waals surface area contributed by atoms with E-state index in [2.05, 4.69) is 36.2 Å². The van der Waals surface area contributed by atoms with Gasteiger partial charge in [0.2, 0.25) is 0 Å². The number of benzene rings is 1. The van der Waals surface area contributed by atoms with Crippen molar-refractivity contribution in [3.63, 3.8) is 0 Å². The summed E-state index contributed by atoms with van der Waals surface area (Å²) in [6, 6.07) is 10.8. The summed E-state index contributed by atoms with van der Waals surface area (Å²) in [6.45, 7) is 12.0. The van der Waals surface area contributed by atoms with Gasteiger partial charge < -0.3 is 19.9 Å².